The Morgan fingerprint density at radius 3 is 2.71 bits per heavy atom. The highest BCUT2D eigenvalue weighted by Gasteiger charge is 2.34. The van der Waals surface area contributed by atoms with Crippen molar-refractivity contribution in [3.8, 4) is 0 Å². The van der Waals surface area contributed by atoms with Gasteiger partial charge in [0.1, 0.15) is 12.6 Å². The van der Waals surface area contributed by atoms with E-state index in [-0.39, 0.29) is 12.5 Å². The van der Waals surface area contributed by atoms with Crippen LogP contribution in [0.15, 0.2) is 36.7 Å². The van der Waals surface area contributed by atoms with Crippen molar-refractivity contribution in [1.82, 2.24) is 19.9 Å². The Morgan fingerprint density at radius 2 is 2.05 bits per heavy atom. The lowest BCUT2D eigenvalue weighted by Gasteiger charge is -2.34. The third kappa shape index (κ3) is 2.62. The minimum absolute atomic E-state index is 0.00799. The highest BCUT2D eigenvalue weighted by atomic mass is 16.4. The first kappa shape index (κ1) is 13.3. The molecule has 1 aromatic heterocycles. The van der Waals surface area contributed by atoms with Crippen molar-refractivity contribution in [3.63, 3.8) is 0 Å². The van der Waals surface area contributed by atoms with Crippen molar-refractivity contribution < 1.29 is 14.7 Å². The van der Waals surface area contributed by atoms with Crippen LogP contribution >= 0.6 is 0 Å². The van der Waals surface area contributed by atoms with Gasteiger partial charge in [0, 0.05) is 19.2 Å². The first-order valence-corrected chi connectivity index (χ1v) is 6.58. The fourth-order valence-corrected chi connectivity index (χ4v) is 2.55. The molecule has 2 aromatic rings. The summed E-state index contributed by atoms with van der Waals surface area (Å²) in [5.41, 5.74) is 1.97. The normalized spacial score (nSPS) is 17.3. The molecular weight excluding hydrogens is 272 g/mol. The molecule has 1 atom stereocenters. The van der Waals surface area contributed by atoms with Crippen LogP contribution in [-0.4, -0.2) is 42.9 Å². The number of aliphatic carboxylic acids is 1. The topological polar surface area (TPSA) is 88.3 Å². The predicted octanol–water partition coefficient (Wildman–Crippen LogP) is 0.316. The minimum Gasteiger partial charge on any atom is -0.480 e. The minimum atomic E-state index is -0.989. The number of hydrogen-bond acceptors (Lipinski definition) is 4. The maximum absolute atomic E-state index is 12.4. The molecule has 0 fully saturated rings. The molecule has 1 aliphatic rings. The zero-order valence-corrected chi connectivity index (χ0v) is 11.2. The lowest BCUT2D eigenvalue weighted by molar-refractivity contribution is -0.151. The van der Waals surface area contributed by atoms with Crippen molar-refractivity contribution in [3.05, 3.63) is 47.8 Å². The van der Waals surface area contributed by atoms with E-state index in [1.807, 2.05) is 24.3 Å². The molecule has 0 saturated heterocycles. The zero-order chi connectivity index (χ0) is 14.8. The molecule has 2 heterocycles. The Kier molecular flexibility index (Phi) is 3.39. The van der Waals surface area contributed by atoms with Gasteiger partial charge in [-0.1, -0.05) is 29.5 Å². The molecule has 21 heavy (non-hydrogen) atoms. The Labute approximate surface area is 120 Å². The number of aromatic nitrogens is 3. The number of fused-ring (bicyclic) bond motifs is 1. The second-order valence-corrected chi connectivity index (χ2v) is 4.95. The Hall–Kier alpha value is -2.70. The second kappa shape index (κ2) is 5.35. The van der Waals surface area contributed by atoms with Crippen LogP contribution in [0.25, 0.3) is 0 Å². The average molecular weight is 286 g/mol. The van der Waals surface area contributed by atoms with E-state index in [2.05, 4.69) is 10.3 Å². The molecule has 0 radical (unpaired) electrons. The lowest BCUT2D eigenvalue weighted by atomic mass is 9.94. The van der Waals surface area contributed by atoms with E-state index < -0.39 is 12.0 Å². The van der Waals surface area contributed by atoms with Crippen molar-refractivity contribution in [2.45, 2.75) is 25.6 Å². The molecule has 108 valence electrons. The number of hydrogen-bond donors (Lipinski definition) is 1. The molecule has 1 amide bonds. The summed E-state index contributed by atoms with van der Waals surface area (Å²) in [4.78, 5) is 25.2. The summed E-state index contributed by atoms with van der Waals surface area (Å²) in [6.45, 7) is 0.298. The number of amides is 1. The van der Waals surface area contributed by atoms with Crippen LogP contribution in [0.3, 0.4) is 0 Å². The summed E-state index contributed by atoms with van der Waals surface area (Å²) in [6, 6.07) is 6.76. The van der Waals surface area contributed by atoms with Gasteiger partial charge in [-0.15, -0.1) is 5.10 Å². The van der Waals surface area contributed by atoms with Crippen LogP contribution in [0.4, 0.5) is 0 Å². The Morgan fingerprint density at radius 1 is 1.29 bits per heavy atom. The van der Waals surface area contributed by atoms with Gasteiger partial charge in [0.05, 0.1) is 6.20 Å². The number of benzene rings is 1. The summed E-state index contributed by atoms with van der Waals surface area (Å²) < 4.78 is 1.39. The molecular formula is C14H14N4O3. The molecule has 1 aromatic carbocycles. The molecule has 0 saturated carbocycles. The van der Waals surface area contributed by atoms with Crippen molar-refractivity contribution in [1.29, 1.82) is 0 Å². The third-order valence-corrected chi connectivity index (χ3v) is 3.62. The highest BCUT2D eigenvalue weighted by molar-refractivity contribution is 5.84. The molecule has 7 heteroatoms. The van der Waals surface area contributed by atoms with E-state index in [0.717, 1.165) is 11.1 Å². The van der Waals surface area contributed by atoms with Crippen LogP contribution in [0.2, 0.25) is 0 Å². The first-order valence-electron chi connectivity index (χ1n) is 6.58. The van der Waals surface area contributed by atoms with Gasteiger partial charge in [-0.2, -0.15) is 0 Å². The van der Waals surface area contributed by atoms with Gasteiger partial charge in [-0.25, -0.2) is 9.48 Å². The van der Waals surface area contributed by atoms with E-state index in [0.29, 0.717) is 13.0 Å². The maximum Gasteiger partial charge on any atom is 0.326 e. The predicted molar refractivity (Wildman–Crippen MR) is 72.1 cm³/mol. The number of nitrogens with zero attached hydrogens (tertiary/aromatic N) is 4. The number of carbonyl (C=O) groups is 2. The smallest absolute Gasteiger partial charge is 0.326 e. The van der Waals surface area contributed by atoms with Crippen molar-refractivity contribution in [2.24, 2.45) is 0 Å². The van der Waals surface area contributed by atoms with E-state index in [9.17, 15) is 14.7 Å². The van der Waals surface area contributed by atoms with Gasteiger partial charge >= 0.3 is 5.97 Å². The largest absolute Gasteiger partial charge is 0.480 e. The molecule has 0 aliphatic carbocycles. The molecule has 7 nitrogen and oxygen atoms in total. The molecule has 0 spiro atoms. The van der Waals surface area contributed by atoms with Crippen molar-refractivity contribution in [2.75, 3.05) is 0 Å². The highest BCUT2D eigenvalue weighted by Crippen LogP contribution is 2.23. The van der Waals surface area contributed by atoms with Crippen molar-refractivity contribution >= 4 is 11.9 Å². The number of carbonyl (C=O) groups excluding carboxylic acids is 1. The van der Waals surface area contributed by atoms with Crippen LogP contribution in [0.1, 0.15) is 11.1 Å². The van der Waals surface area contributed by atoms with E-state index >= 15 is 0 Å². The van der Waals surface area contributed by atoms with Crippen LogP contribution < -0.4 is 0 Å². The summed E-state index contributed by atoms with van der Waals surface area (Å²) >= 11 is 0. The second-order valence-electron chi connectivity index (χ2n) is 4.95. The van der Waals surface area contributed by atoms with Crippen LogP contribution in [0, 0.1) is 0 Å². The summed E-state index contributed by atoms with van der Waals surface area (Å²) in [5, 5.41) is 16.8. The average Bonchev–Trinajstić information content (AvgIpc) is 2.98. The lowest BCUT2D eigenvalue weighted by Crippen LogP contribution is -2.49. The molecule has 0 bridgehead atoms. The summed E-state index contributed by atoms with van der Waals surface area (Å²) in [7, 11) is 0. The fourth-order valence-electron chi connectivity index (χ4n) is 2.55. The van der Waals surface area contributed by atoms with Crippen LogP contribution in [0.5, 0.6) is 0 Å². The van der Waals surface area contributed by atoms with E-state index in [1.54, 1.807) is 6.20 Å². The quantitative estimate of drug-likeness (QED) is 0.877. The molecule has 0 unspecified atom stereocenters. The van der Waals surface area contributed by atoms with Gasteiger partial charge in [-0.05, 0) is 11.1 Å². The van der Waals surface area contributed by atoms with E-state index in [1.165, 1.54) is 15.8 Å². The van der Waals surface area contributed by atoms with Gasteiger partial charge in [-0.3, -0.25) is 4.79 Å². The summed E-state index contributed by atoms with van der Waals surface area (Å²) in [6.07, 6.45) is 3.38. The molecule has 1 N–H and O–H groups in total. The maximum atomic E-state index is 12.4. The third-order valence-electron chi connectivity index (χ3n) is 3.62. The molecule has 1 aliphatic heterocycles. The van der Waals surface area contributed by atoms with Gasteiger partial charge in [0.25, 0.3) is 0 Å². The monoisotopic (exact) mass is 286 g/mol. The van der Waals surface area contributed by atoms with Crippen LogP contribution in [-0.2, 0) is 29.1 Å². The Bertz CT molecular complexity index is 669. The SMILES string of the molecule is O=C(O)[C@H]1Cc2ccccc2CN1C(=O)Cn1ccnn1. The van der Waals surface area contributed by atoms with Gasteiger partial charge < -0.3 is 10.0 Å². The molecule has 3 rings (SSSR count). The zero-order valence-electron chi connectivity index (χ0n) is 11.2. The van der Waals surface area contributed by atoms with Gasteiger partial charge in [0.15, 0.2) is 0 Å². The number of carboxylic acid groups (broad SMARTS) is 1. The first-order chi connectivity index (χ1) is 10.1. The van der Waals surface area contributed by atoms with E-state index in [4.69, 9.17) is 0 Å². The standard InChI is InChI=1S/C14H14N4O3/c19-13(9-17-6-5-15-16-17)18-8-11-4-2-1-3-10(11)7-12(18)14(20)21/h1-6,12H,7-9H2,(H,20,21)/t12-/m1/s1. The summed E-state index contributed by atoms with van der Waals surface area (Å²) in [5.74, 6) is -1.26. The Balaban J connectivity index is 1.85. The number of carboxylic acids is 1. The van der Waals surface area contributed by atoms with Gasteiger partial charge in [0.2, 0.25) is 5.91 Å². The fraction of sp³-hybridized carbons (Fsp3) is 0.286. The number of rotatable bonds is 3.